The molecule has 2 rings (SSSR count). The summed E-state index contributed by atoms with van der Waals surface area (Å²) in [7, 11) is 0. The van der Waals surface area contributed by atoms with Crippen LogP contribution in [0.5, 0.6) is 0 Å². The van der Waals surface area contributed by atoms with E-state index >= 15 is 0 Å². The van der Waals surface area contributed by atoms with Gasteiger partial charge in [-0.3, -0.25) is 9.59 Å². The van der Waals surface area contributed by atoms with Crippen LogP contribution < -0.4 is 0 Å². The first kappa shape index (κ1) is 12.5. The fraction of sp³-hybridized carbons (Fsp3) is 0.385. The van der Waals surface area contributed by atoms with Crippen LogP contribution in [0.1, 0.15) is 28.8 Å². The van der Waals surface area contributed by atoms with Gasteiger partial charge < -0.3 is 10.0 Å². The molecule has 1 aromatic rings. The lowest BCUT2D eigenvalue weighted by Gasteiger charge is -2.21. The van der Waals surface area contributed by atoms with E-state index in [1.807, 2.05) is 0 Å². The van der Waals surface area contributed by atoms with Gasteiger partial charge in [0.1, 0.15) is 12.4 Å². The molecule has 18 heavy (non-hydrogen) atoms. The molecular formula is C13H14FNO3. The number of amides is 1. The highest BCUT2D eigenvalue weighted by molar-refractivity contribution is 5.97. The molecule has 0 heterocycles. The Morgan fingerprint density at radius 3 is 2.67 bits per heavy atom. The molecule has 0 unspecified atom stereocenters. The number of benzene rings is 1. The van der Waals surface area contributed by atoms with E-state index in [0.717, 1.165) is 12.8 Å². The van der Waals surface area contributed by atoms with Crippen molar-refractivity contribution >= 4 is 11.9 Å². The second-order valence-electron chi connectivity index (χ2n) is 4.47. The number of aliphatic carboxylic acids is 1. The quantitative estimate of drug-likeness (QED) is 0.888. The second kappa shape index (κ2) is 4.76. The molecule has 1 N–H and O–H groups in total. The minimum Gasteiger partial charge on any atom is -0.480 e. The average molecular weight is 251 g/mol. The van der Waals surface area contributed by atoms with E-state index in [9.17, 15) is 14.0 Å². The minimum atomic E-state index is -1.05. The standard InChI is InChI=1S/C13H14FNO3/c1-8-10(3-2-4-11(8)14)13(18)15(7-12(16)17)9-5-6-9/h2-4,9H,5-7H2,1H3,(H,16,17). The van der Waals surface area contributed by atoms with Crippen LogP contribution in [0.25, 0.3) is 0 Å². The zero-order valence-electron chi connectivity index (χ0n) is 10.0. The van der Waals surface area contributed by atoms with Crippen molar-refractivity contribution in [3.63, 3.8) is 0 Å². The topological polar surface area (TPSA) is 57.6 Å². The minimum absolute atomic E-state index is 0.0173. The number of hydrogen-bond acceptors (Lipinski definition) is 2. The molecule has 0 aromatic heterocycles. The zero-order valence-corrected chi connectivity index (χ0v) is 10.0. The fourth-order valence-corrected chi connectivity index (χ4v) is 1.89. The largest absolute Gasteiger partial charge is 0.480 e. The van der Waals surface area contributed by atoms with Gasteiger partial charge in [0.25, 0.3) is 5.91 Å². The zero-order chi connectivity index (χ0) is 13.3. The van der Waals surface area contributed by atoms with Crippen LogP contribution in [0.4, 0.5) is 4.39 Å². The summed E-state index contributed by atoms with van der Waals surface area (Å²) in [4.78, 5) is 24.3. The van der Waals surface area contributed by atoms with Gasteiger partial charge >= 0.3 is 5.97 Å². The summed E-state index contributed by atoms with van der Waals surface area (Å²) in [6.07, 6.45) is 1.63. The molecule has 1 aliphatic carbocycles. The third kappa shape index (κ3) is 2.50. The van der Waals surface area contributed by atoms with Gasteiger partial charge in [-0.2, -0.15) is 0 Å². The van der Waals surface area contributed by atoms with E-state index in [-0.39, 0.29) is 23.7 Å². The molecule has 0 atom stereocenters. The van der Waals surface area contributed by atoms with Crippen molar-refractivity contribution in [1.82, 2.24) is 4.90 Å². The van der Waals surface area contributed by atoms with Gasteiger partial charge in [-0.05, 0) is 37.5 Å². The lowest BCUT2D eigenvalue weighted by Crippen LogP contribution is -2.37. The molecule has 1 saturated carbocycles. The van der Waals surface area contributed by atoms with Crippen molar-refractivity contribution in [3.05, 3.63) is 35.1 Å². The monoisotopic (exact) mass is 251 g/mol. The van der Waals surface area contributed by atoms with E-state index in [1.165, 1.54) is 30.0 Å². The molecule has 4 nitrogen and oxygen atoms in total. The highest BCUT2D eigenvalue weighted by Gasteiger charge is 2.34. The van der Waals surface area contributed by atoms with Crippen molar-refractivity contribution in [2.75, 3.05) is 6.54 Å². The van der Waals surface area contributed by atoms with Crippen molar-refractivity contribution in [3.8, 4) is 0 Å². The molecule has 0 spiro atoms. The molecule has 0 bridgehead atoms. The summed E-state index contributed by atoms with van der Waals surface area (Å²) in [6.45, 7) is 1.19. The van der Waals surface area contributed by atoms with Crippen molar-refractivity contribution < 1.29 is 19.1 Å². The van der Waals surface area contributed by atoms with Crippen LogP contribution in [0, 0.1) is 12.7 Å². The molecule has 0 aliphatic heterocycles. The normalized spacial score (nSPS) is 14.3. The van der Waals surface area contributed by atoms with Gasteiger partial charge in [-0.15, -0.1) is 0 Å². The maximum atomic E-state index is 13.4. The molecule has 1 amide bonds. The van der Waals surface area contributed by atoms with E-state index in [4.69, 9.17) is 5.11 Å². The molecule has 5 heteroatoms. The Bertz CT molecular complexity index is 497. The second-order valence-corrected chi connectivity index (χ2v) is 4.47. The van der Waals surface area contributed by atoms with E-state index in [0.29, 0.717) is 0 Å². The van der Waals surface area contributed by atoms with Crippen molar-refractivity contribution in [2.24, 2.45) is 0 Å². The summed E-state index contributed by atoms with van der Waals surface area (Å²) in [5.74, 6) is -1.91. The Hall–Kier alpha value is -1.91. The molecule has 1 aliphatic rings. The first-order chi connectivity index (χ1) is 8.50. The van der Waals surface area contributed by atoms with E-state index < -0.39 is 17.7 Å². The lowest BCUT2D eigenvalue weighted by molar-refractivity contribution is -0.137. The summed E-state index contributed by atoms with van der Waals surface area (Å²) < 4.78 is 13.4. The van der Waals surface area contributed by atoms with Gasteiger partial charge in [-0.1, -0.05) is 6.07 Å². The number of halogens is 1. The summed E-state index contributed by atoms with van der Waals surface area (Å²) in [6, 6.07) is 4.25. The Morgan fingerprint density at radius 2 is 2.11 bits per heavy atom. The lowest BCUT2D eigenvalue weighted by atomic mass is 10.1. The number of rotatable bonds is 4. The molecule has 0 radical (unpaired) electrons. The third-order valence-electron chi connectivity index (χ3n) is 3.05. The van der Waals surface area contributed by atoms with Gasteiger partial charge in [-0.25, -0.2) is 4.39 Å². The summed E-state index contributed by atoms with van der Waals surface area (Å²) in [5, 5.41) is 8.81. The molecule has 1 aromatic carbocycles. The average Bonchev–Trinajstić information content (AvgIpc) is 3.12. The summed E-state index contributed by atoms with van der Waals surface area (Å²) in [5.41, 5.74) is 0.502. The first-order valence-corrected chi connectivity index (χ1v) is 5.78. The van der Waals surface area contributed by atoms with Crippen molar-refractivity contribution in [1.29, 1.82) is 0 Å². The van der Waals surface area contributed by atoms with Crippen LogP contribution in [0.15, 0.2) is 18.2 Å². The predicted octanol–water partition coefficient (Wildman–Crippen LogP) is 1.82. The Kier molecular flexibility index (Phi) is 3.32. The predicted molar refractivity (Wildman–Crippen MR) is 62.8 cm³/mol. The van der Waals surface area contributed by atoms with Gasteiger partial charge in [0.15, 0.2) is 0 Å². The van der Waals surface area contributed by atoms with E-state index in [2.05, 4.69) is 0 Å². The fourth-order valence-electron chi connectivity index (χ4n) is 1.89. The van der Waals surface area contributed by atoms with Crippen LogP contribution >= 0.6 is 0 Å². The van der Waals surface area contributed by atoms with E-state index in [1.54, 1.807) is 0 Å². The Balaban J connectivity index is 2.27. The number of nitrogens with zero attached hydrogens (tertiary/aromatic N) is 1. The molecular weight excluding hydrogens is 237 g/mol. The highest BCUT2D eigenvalue weighted by atomic mass is 19.1. The number of carbonyl (C=O) groups is 2. The highest BCUT2D eigenvalue weighted by Crippen LogP contribution is 2.28. The number of hydrogen-bond donors (Lipinski definition) is 1. The Labute approximate surface area is 104 Å². The maximum Gasteiger partial charge on any atom is 0.323 e. The number of carbonyl (C=O) groups excluding carboxylic acids is 1. The van der Waals surface area contributed by atoms with Gasteiger partial charge in [0.2, 0.25) is 0 Å². The van der Waals surface area contributed by atoms with Crippen molar-refractivity contribution in [2.45, 2.75) is 25.8 Å². The molecule has 96 valence electrons. The van der Waals surface area contributed by atoms with Crippen LogP contribution in [-0.4, -0.2) is 34.5 Å². The van der Waals surface area contributed by atoms with Crippen LogP contribution in [0.3, 0.4) is 0 Å². The van der Waals surface area contributed by atoms with Gasteiger partial charge in [0, 0.05) is 11.6 Å². The molecule has 1 fully saturated rings. The van der Waals surface area contributed by atoms with Crippen LogP contribution in [0.2, 0.25) is 0 Å². The number of carboxylic acid groups (broad SMARTS) is 1. The number of carboxylic acids is 1. The third-order valence-corrected chi connectivity index (χ3v) is 3.05. The first-order valence-electron chi connectivity index (χ1n) is 5.78. The smallest absolute Gasteiger partial charge is 0.323 e. The Morgan fingerprint density at radius 1 is 1.44 bits per heavy atom. The molecule has 0 saturated heterocycles. The maximum absolute atomic E-state index is 13.4. The van der Waals surface area contributed by atoms with Crippen LogP contribution in [-0.2, 0) is 4.79 Å². The summed E-state index contributed by atoms with van der Waals surface area (Å²) >= 11 is 0. The SMILES string of the molecule is Cc1c(F)cccc1C(=O)N(CC(=O)O)C1CC1. The van der Waals surface area contributed by atoms with Gasteiger partial charge in [0.05, 0.1) is 0 Å².